The maximum absolute atomic E-state index is 14.8. The fourth-order valence-electron chi connectivity index (χ4n) is 3.25. The van der Waals surface area contributed by atoms with E-state index in [0.29, 0.717) is 12.4 Å². The van der Waals surface area contributed by atoms with Crippen molar-refractivity contribution in [3.63, 3.8) is 0 Å². The highest BCUT2D eigenvalue weighted by Gasteiger charge is 2.34. The second-order valence-corrected chi connectivity index (χ2v) is 11.6. The van der Waals surface area contributed by atoms with Gasteiger partial charge in [0.15, 0.2) is 0 Å². The van der Waals surface area contributed by atoms with Crippen LogP contribution in [0.15, 0.2) is 24.8 Å². The number of allylic oxidation sites excluding steroid dienone is 1. The van der Waals surface area contributed by atoms with Crippen molar-refractivity contribution in [1.29, 1.82) is 0 Å². The number of carbonyl (C=O) groups excluding carboxylic acids is 1. The number of benzene rings is 1. The quantitative estimate of drug-likeness (QED) is 0.501. The molecule has 7 heteroatoms. The van der Waals surface area contributed by atoms with Crippen LogP contribution in [0.1, 0.15) is 88.6 Å². The topological polar surface area (TPSA) is 72.5 Å². The summed E-state index contributed by atoms with van der Waals surface area (Å²) < 4.78 is 46.3. The maximum Gasteiger partial charge on any atom is 0.267 e. The van der Waals surface area contributed by atoms with Crippen LogP contribution in [-0.4, -0.2) is 25.7 Å². The van der Waals surface area contributed by atoms with Gasteiger partial charge in [-0.3, -0.25) is 4.79 Å². The molecule has 1 N–H and O–H groups in total. The van der Waals surface area contributed by atoms with Crippen LogP contribution in [0.4, 0.5) is 4.39 Å². The van der Waals surface area contributed by atoms with Crippen molar-refractivity contribution in [3.8, 4) is 5.75 Å². The van der Waals surface area contributed by atoms with E-state index in [1.54, 1.807) is 0 Å². The van der Waals surface area contributed by atoms with Crippen molar-refractivity contribution in [3.05, 3.63) is 41.7 Å². The summed E-state index contributed by atoms with van der Waals surface area (Å²) in [4.78, 5) is 12.5. The summed E-state index contributed by atoms with van der Waals surface area (Å²) in [5, 5.41) is 0. The summed E-state index contributed by atoms with van der Waals surface area (Å²) in [7, 11) is -3.94. The molecule has 0 atom stereocenters. The van der Waals surface area contributed by atoms with Gasteiger partial charge in [-0.1, -0.05) is 19.9 Å². The van der Waals surface area contributed by atoms with Gasteiger partial charge in [0, 0.05) is 11.5 Å². The first-order chi connectivity index (χ1) is 13.9. The first-order valence-electron chi connectivity index (χ1n) is 10.5. The van der Waals surface area contributed by atoms with Crippen LogP contribution in [0.25, 0.3) is 0 Å². The molecule has 0 unspecified atom stereocenters. The molecular formula is C23H34FNO4S. The lowest BCUT2D eigenvalue weighted by molar-refractivity contribution is 0.0976. The van der Waals surface area contributed by atoms with Gasteiger partial charge in [-0.2, -0.15) is 0 Å². The molecule has 1 aliphatic carbocycles. The average Bonchev–Trinajstić information content (AvgIpc) is 3.49. The monoisotopic (exact) mass is 439 g/mol. The lowest BCUT2D eigenvalue weighted by atomic mass is 9.80. The van der Waals surface area contributed by atoms with E-state index < -0.39 is 26.5 Å². The van der Waals surface area contributed by atoms with Gasteiger partial charge in [-0.25, -0.2) is 17.5 Å². The molecule has 0 bridgehead atoms. The number of nitrogens with one attached hydrogen (secondary N) is 1. The molecule has 1 aliphatic rings. The lowest BCUT2D eigenvalue weighted by Gasteiger charge is -2.31. The predicted molar refractivity (Wildman–Crippen MR) is 118 cm³/mol. The van der Waals surface area contributed by atoms with E-state index in [9.17, 15) is 17.6 Å². The number of halogens is 1. The minimum absolute atomic E-state index is 0.0735. The Morgan fingerprint density at radius 1 is 1.27 bits per heavy atom. The maximum atomic E-state index is 14.8. The lowest BCUT2D eigenvalue weighted by Crippen LogP contribution is -2.42. The van der Waals surface area contributed by atoms with Crippen LogP contribution in [0.3, 0.4) is 0 Å². The fourth-order valence-corrected chi connectivity index (χ4v) is 3.91. The second-order valence-electron chi connectivity index (χ2n) is 9.18. The standard InChI is InChI=1S/C23H34FNO4S/c1-7-12-23(8-2,9-3)15-29-20-14-19(24)18(13-17(20)16-10-11-16)21(26)25-30(27,28)22(4,5)6/h7,13-14,16H,1,8-12,15H2,2-6H3,(H,25,26). The number of hydrogen-bond donors (Lipinski definition) is 1. The molecule has 0 aromatic heterocycles. The minimum Gasteiger partial charge on any atom is -0.493 e. The van der Waals surface area contributed by atoms with Crippen molar-refractivity contribution in [1.82, 2.24) is 4.72 Å². The van der Waals surface area contributed by atoms with Crippen LogP contribution in [0.5, 0.6) is 5.75 Å². The summed E-state index contributed by atoms with van der Waals surface area (Å²) in [6.45, 7) is 12.9. The molecule has 1 aromatic carbocycles. The Balaban J connectivity index is 2.33. The van der Waals surface area contributed by atoms with Gasteiger partial charge in [0.2, 0.25) is 10.0 Å². The van der Waals surface area contributed by atoms with Gasteiger partial charge in [0.25, 0.3) is 5.91 Å². The third kappa shape index (κ3) is 5.42. The third-order valence-electron chi connectivity index (χ3n) is 6.01. The zero-order valence-electron chi connectivity index (χ0n) is 18.7. The molecule has 168 valence electrons. The van der Waals surface area contributed by atoms with E-state index in [1.807, 2.05) is 10.8 Å². The number of carbonyl (C=O) groups is 1. The molecule has 0 saturated heterocycles. The van der Waals surface area contributed by atoms with Gasteiger partial charge in [-0.05, 0) is 70.4 Å². The van der Waals surface area contributed by atoms with Crippen molar-refractivity contribution >= 4 is 15.9 Å². The van der Waals surface area contributed by atoms with Crippen LogP contribution in [0, 0.1) is 11.2 Å². The number of rotatable bonds is 10. The van der Waals surface area contributed by atoms with Gasteiger partial charge in [0.1, 0.15) is 11.6 Å². The number of ether oxygens (including phenoxy) is 1. The summed E-state index contributed by atoms with van der Waals surface area (Å²) in [5.41, 5.74) is 0.408. The molecule has 1 fully saturated rings. The zero-order valence-corrected chi connectivity index (χ0v) is 19.5. The van der Waals surface area contributed by atoms with E-state index in [1.165, 1.54) is 32.9 Å². The summed E-state index contributed by atoms with van der Waals surface area (Å²) in [5.74, 6) is -1.12. The molecule has 0 spiro atoms. The molecule has 5 nitrogen and oxygen atoms in total. The van der Waals surface area contributed by atoms with Crippen LogP contribution in [-0.2, 0) is 10.0 Å². The van der Waals surface area contributed by atoms with Crippen molar-refractivity contribution in [2.75, 3.05) is 6.61 Å². The minimum atomic E-state index is -3.94. The Kier molecular flexibility index (Phi) is 7.38. The van der Waals surface area contributed by atoms with E-state index in [4.69, 9.17) is 4.74 Å². The van der Waals surface area contributed by atoms with Crippen molar-refractivity contribution < 1.29 is 22.3 Å². The summed E-state index contributed by atoms with van der Waals surface area (Å²) in [6, 6.07) is 2.67. The highest BCUT2D eigenvalue weighted by molar-refractivity contribution is 7.91. The molecule has 2 rings (SSSR count). The smallest absolute Gasteiger partial charge is 0.267 e. The summed E-state index contributed by atoms with van der Waals surface area (Å²) >= 11 is 0. The number of hydrogen-bond acceptors (Lipinski definition) is 4. The van der Waals surface area contributed by atoms with Crippen LogP contribution >= 0.6 is 0 Å². The van der Waals surface area contributed by atoms with Gasteiger partial charge < -0.3 is 4.74 Å². The van der Waals surface area contributed by atoms with E-state index in [-0.39, 0.29) is 16.9 Å². The zero-order chi connectivity index (χ0) is 22.7. The Labute approximate surface area is 180 Å². The molecule has 0 radical (unpaired) electrons. The van der Waals surface area contributed by atoms with Gasteiger partial charge >= 0.3 is 0 Å². The first-order valence-corrected chi connectivity index (χ1v) is 12.0. The average molecular weight is 440 g/mol. The van der Waals surface area contributed by atoms with Crippen molar-refractivity contribution in [2.24, 2.45) is 5.41 Å². The van der Waals surface area contributed by atoms with E-state index in [2.05, 4.69) is 20.4 Å². The Morgan fingerprint density at radius 2 is 1.87 bits per heavy atom. The summed E-state index contributed by atoms with van der Waals surface area (Å²) in [6.07, 6.45) is 6.35. The SMILES string of the molecule is C=CCC(CC)(CC)COc1cc(F)c(C(=O)NS(=O)(=O)C(C)(C)C)cc1C1CC1. The molecule has 0 heterocycles. The Hall–Kier alpha value is -1.89. The van der Waals surface area contributed by atoms with Gasteiger partial charge in [-0.15, -0.1) is 6.58 Å². The molecule has 30 heavy (non-hydrogen) atoms. The number of amides is 1. The molecule has 1 aromatic rings. The largest absolute Gasteiger partial charge is 0.493 e. The Bertz CT molecular complexity index is 895. The van der Waals surface area contributed by atoms with E-state index >= 15 is 0 Å². The number of sulfonamides is 1. The molecule has 1 amide bonds. The first kappa shape index (κ1) is 24.4. The van der Waals surface area contributed by atoms with Crippen molar-refractivity contribution in [2.45, 2.75) is 77.4 Å². The highest BCUT2D eigenvalue weighted by Crippen LogP contribution is 2.45. The second kappa shape index (κ2) is 9.08. The fraction of sp³-hybridized carbons (Fsp3) is 0.609. The molecule has 0 aliphatic heterocycles. The van der Waals surface area contributed by atoms with Gasteiger partial charge in [0.05, 0.1) is 16.9 Å². The van der Waals surface area contributed by atoms with Crippen LogP contribution in [0.2, 0.25) is 0 Å². The Morgan fingerprint density at radius 3 is 2.33 bits per heavy atom. The van der Waals surface area contributed by atoms with Crippen LogP contribution < -0.4 is 9.46 Å². The third-order valence-corrected chi connectivity index (χ3v) is 8.07. The normalized spacial score (nSPS) is 15.0. The molecule has 1 saturated carbocycles. The van der Waals surface area contributed by atoms with E-state index in [0.717, 1.165) is 37.7 Å². The predicted octanol–water partition coefficient (Wildman–Crippen LogP) is 5.32. The highest BCUT2D eigenvalue weighted by atomic mass is 32.2. The molecular weight excluding hydrogens is 405 g/mol.